The van der Waals surface area contributed by atoms with Crippen LogP contribution in [-0.4, -0.2) is 5.91 Å². The van der Waals surface area contributed by atoms with Gasteiger partial charge in [0.2, 0.25) is 5.91 Å². The highest BCUT2D eigenvalue weighted by Crippen LogP contribution is 2.35. The fraction of sp³-hybridized carbons (Fsp3) is 0.917. The van der Waals surface area contributed by atoms with E-state index in [0.717, 1.165) is 6.42 Å². The Labute approximate surface area is 89.3 Å². The fourth-order valence-electron chi connectivity index (χ4n) is 1.97. The molecule has 0 saturated heterocycles. The highest BCUT2D eigenvalue weighted by Gasteiger charge is 2.26. The molecule has 0 aromatic carbocycles. The van der Waals surface area contributed by atoms with Crippen LogP contribution >= 0.6 is 0 Å². The summed E-state index contributed by atoms with van der Waals surface area (Å²) in [5.74, 6) is -0.204. The second-order valence-corrected chi connectivity index (χ2v) is 5.54. The van der Waals surface area contributed by atoms with Gasteiger partial charge >= 0.3 is 0 Å². The second kappa shape index (κ2) is 6.05. The van der Waals surface area contributed by atoms with Crippen LogP contribution in [0.5, 0.6) is 0 Å². The lowest BCUT2D eigenvalue weighted by Gasteiger charge is -2.31. The van der Waals surface area contributed by atoms with Crippen LogP contribution in [0.4, 0.5) is 0 Å². The lowest BCUT2D eigenvalue weighted by atomic mass is 9.74. The van der Waals surface area contributed by atoms with E-state index in [1.54, 1.807) is 0 Å². The Morgan fingerprint density at radius 2 is 1.43 bits per heavy atom. The molecule has 0 aromatic rings. The molecule has 0 atom stereocenters. The highest BCUT2D eigenvalue weighted by atomic mass is 16.1. The summed E-state index contributed by atoms with van der Waals surface area (Å²) in [4.78, 5) is 10.7. The quantitative estimate of drug-likeness (QED) is 0.747. The summed E-state index contributed by atoms with van der Waals surface area (Å²) in [6.07, 6.45) is 1.49. The van der Waals surface area contributed by atoms with Crippen molar-refractivity contribution in [1.82, 2.24) is 0 Å². The number of nitrogens with two attached hydrogens (primary N) is 1. The Kier molecular flexibility index (Phi) is 6.88. The maximum absolute atomic E-state index is 10.7. The molecule has 14 heavy (non-hydrogen) atoms. The Bertz CT molecular complexity index is 166. The van der Waals surface area contributed by atoms with Gasteiger partial charge in [-0.1, -0.05) is 48.5 Å². The number of carbonyl (C=O) groups excluding carboxylic acids is 1. The number of carbonyl (C=O) groups is 1. The third-order valence-electron chi connectivity index (χ3n) is 1.66. The van der Waals surface area contributed by atoms with Crippen molar-refractivity contribution in [3.63, 3.8) is 0 Å². The molecule has 86 valence electrons. The van der Waals surface area contributed by atoms with Crippen molar-refractivity contribution < 1.29 is 4.79 Å². The van der Waals surface area contributed by atoms with Gasteiger partial charge in [-0.25, -0.2) is 0 Å². The van der Waals surface area contributed by atoms with Gasteiger partial charge in [0.15, 0.2) is 0 Å². The molecule has 1 amide bonds. The molecular formula is C12H27NO. The largest absolute Gasteiger partial charge is 0.370 e. The normalized spacial score (nSPS) is 11.6. The van der Waals surface area contributed by atoms with Crippen molar-refractivity contribution in [2.75, 3.05) is 0 Å². The molecule has 2 nitrogen and oxygen atoms in total. The minimum absolute atomic E-state index is 0.0318. The maximum atomic E-state index is 10.7. The van der Waals surface area contributed by atoms with Crippen LogP contribution in [0.1, 0.15) is 61.3 Å². The predicted molar refractivity (Wildman–Crippen MR) is 63.0 cm³/mol. The minimum atomic E-state index is -0.204. The molecule has 0 saturated carbocycles. The second-order valence-electron chi connectivity index (χ2n) is 5.54. The zero-order valence-electron chi connectivity index (χ0n) is 10.9. The van der Waals surface area contributed by atoms with Crippen LogP contribution in [0.2, 0.25) is 0 Å². The molecule has 2 heteroatoms. The first-order chi connectivity index (χ1) is 6.12. The van der Waals surface area contributed by atoms with Gasteiger partial charge in [-0.2, -0.15) is 0 Å². The van der Waals surface area contributed by atoms with E-state index >= 15 is 0 Å². The van der Waals surface area contributed by atoms with E-state index in [1.807, 2.05) is 13.8 Å². The van der Waals surface area contributed by atoms with Gasteiger partial charge in [-0.3, -0.25) is 4.79 Å². The third-order valence-corrected chi connectivity index (χ3v) is 1.66. The smallest absolute Gasteiger partial charge is 0.217 e. The van der Waals surface area contributed by atoms with Gasteiger partial charge in [-0.15, -0.1) is 0 Å². The van der Waals surface area contributed by atoms with Gasteiger partial charge in [0.1, 0.15) is 0 Å². The van der Waals surface area contributed by atoms with E-state index in [1.165, 1.54) is 0 Å². The molecule has 2 N–H and O–H groups in total. The summed E-state index contributed by atoms with van der Waals surface area (Å²) >= 11 is 0. The molecule has 0 aliphatic carbocycles. The SMILES string of the molecule is CC.CC(C)(C)CC(C)(C)CC(N)=O. The average Bonchev–Trinajstić information content (AvgIpc) is 1.82. The molecule has 0 radical (unpaired) electrons. The van der Waals surface area contributed by atoms with Gasteiger partial charge in [0, 0.05) is 6.42 Å². The monoisotopic (exact) mass is 201 g/mol. The number of amides is 1. The Balaban J connectivity index is 0. The van der Waals surface area contributed by atoms with Gasteiger partial charge < -0.3 is 5.73 Å². The van der Waals surface area contributed by atoms with E-state index in [0.29, 0.717) is 6.42 Å². The van der Waals surface area contributed by atoms with E-state index in [-0.39, 0.29) is 16.7 Å². The summed E-state index contributed by atoms with van der Waals surface area (Å²) in [6, 6.07) is 0. The molecule has 0 unspecified atom stereocenters. The third kappa shape index (κ3) is 11.5. The first kappa shape index (κ1) is 15.9. The summed E-state index contributed by atoms with van der Waals surface area (Å²) in [7, 11) is 0. The summed E-state index contributed by atoms with van der Waals surface area (Å²) < 4.78 is 0. The molecule has 0 heterocycles. The van der Waals surface area contributed by atoms with Crippen molar-refractivity contribution in [1.29, 1.82) is 0 Å². The summed E-state index contributed by atoms with van der Waals surface area (Å²) in [5.41, 5.74) is 5.45. The van der Waals surface area contributed by atoms with Gasteiger partial charge in [-0.05, 0) is 17.3 Å². The van der Waals surface area contributed by atoms with Gasteiger partial charge in [0.05, 0.1) is 0 Å². The number of hydrogen-bond donors (Lipinski definition) is 1. The van der Waals surface area contributed by atoms with Crippen LogP contribution in [0.3, 0.4) is 0 Å². The maximum Gasteiger partial charge on any atom is 0.217 e. The molecule has 0 spiro atoms. The molecule has 0 aromatic heterocycles. The van der Waals surface area contributed by atoms with Crippen LogP contribution in [0, 0.1) is 10.8 Å². The molecule has 0 aliphatic heterocycles. The topological polar surface area (TPSA) is 43.1 Å². The lowest BCUT2D eigenvalue weighted by Crippen LogP contribution is -2.26. The van der Waals surface area contributed by atoms with E-state index in [2.05, 4.69) is 34.6 Å². The minimum Gasteiger partial charge on any atom is -0.370 e. The number of rotatable bonds is 3. The van der Waals surface area contributed by atoms with Crippen molar-refractivity contribution >= 4 is 5.91 Å². The zero-order valence-corrected chi connectivity index (χ0v) is 10.9. The summed E-state index contributed by atoms with van der Waals surface area (Å²) in [6.45, 7) is 14.7. The molecule has 0 bridgehead atoms. The molecule has 0 fully saturated rings. The van der Waals surface area contributed by atoms with E-state index < -0.39 is 0 Å². The van der Waals surface area contributed by atoms with Crippen LogP contribution in [-0.2, 0) is 4.79 Å². The van der Waals surface area contributed by atoms with E-state index in [4.69, 9.17) is 5.73 Å². The molecular weight excluding hydrogens is 174 g/mol. The standard InChI is InChI=1S/C10H21NO.C2H6/c1-9(2,3)7-10(4,5)6-8(11)12;1-2/h6-7H2,1-5H3,(H2,11,12);1-2H3. The lowest BCUT2D eigenvalue weighted by molar-refractivity contribution is -0.120. The van der Waals surface area contributed by atoms with Crippen LogP contribution in [0.25, 0.3) is 0 Å². The van der Waals surface area contributed by atoms with Gasteiger partial charge in [0.25, 0.3) is 0 Å². The zero-order chi connectivity index (χ0) is 12.0. The fourth-order valence-corrected chi connectivity index (χ4v) is 1.97. The summed E-state index contributed by atoms with van der Waals surface area (Å²) in [5, 5.41) is 0. The van der Waals surface area contributed by atoms with Crippen LogP contribution in [0.15, 0.2) is 0 Å². The Hall–Kier alpha value is -0.530. The first-order valence-corrected chi connectivity index (χ1v) is 5.41. The predicted octanol–water partition coefficient (Wildman–Crippen LogP) is 3.35. The number of hydrogen-bond acceptors (Lipinski definition) is 1. The van der Waals surface area contributed by atoms with E-state index in [9.17, 15) is 4.79 Å². The number of primary amides is 1. The molecule has 0 aliphatic rings. The first-order valence-electron chi connectivity index (χ1n) is 5.41. The van der Waals surface area contributed by atoms with Crippen LogP contribution < -0.4 is 5.73 Å². The van der Waals surface area contributed by atoms with Crippen molar-refractivity contribution in [2.24, 2.45) is 16.6 Å². The van der Waals surface area contributed by atoms with Crippen molar-refractivity contribution in [3.8, 4) is 0 Å². The van der Waals surface area contributed by atoms with Crippen molar-refractivity contribution in [2.45, 2.75) is 61.3 Å². The highest BCUT2D eigenvalue weighted by molar-refractivity contribution is 5.74. The Morgan fingerprint density at radius 3 is 1.64 bits per heavy atom. The van der Waals surface area contributed by atoms with Crippen molar-refractivity contribution in [3.05, 3.63) is 0 Å². The Morgan fingerprint density at radius 1 is 1.07 bits per heavy atom. The average molecular weight is 201 g/mol. The molecule has 0 rings (SSSR count).